The topological polar surface area (TPSA) is 72.2 Å². The Bertz CT molecular complexity index is 1480. The summed E-state index contributed by atoms with van der Waals surface area (Å²) in [5, 5.41) is 11.6. The molecular formula is C35H53BN4O4. The van der Waals surface area contributed by atoms with Gasteiger partial charge in [0.1, 0.15) is 0 Å². The van der Waals surface area contributed by atoms with Crippen LogP contribution in [0, 0.1) is 5.41 Å². The zero-order valence-electron chi connectivity index (χ0n) is 28.8. The first-order chi connectivity index (χ1) is 20.6. The Balaban J connectivity index is 1.75. The van der Waals surface area contributed by atoms with Crippen LogP contribution in [-0.4, -0.2) is 84.3 Å². The Kier molecular flexibility index (Phi) is 9.04. The van der Waals surface area contributed by atoms with E-state index in [4.69, 9.17) is 19.0 Å². The second kappa shape index (κ2) is 12.1. The molecule has 0 spiro atoms. The summed E-state index contributed by atoms with van der Waals surface area (Å²) < 4.78 is 21.2. The van der Waals surface area contributed by atoms with Gasteiger partial charge in [-0.25, -0.2) is 0 Å². The van der Waals surface area contributed by atoms with Gasteiger partial charge in [-0.2, -0.15) is 0 Å². The molecule has 0 bridgehead atoms. The van der Waals surface area contributed by atoms with Crippen LogP contribution in [0.25, 0.3) is 22.2 Å². The van der Waals surface area contributed by atoms with E-state index in [-0.39, 0.29) is 18.1 Å². The van der Waals surface area contributed by atoms with E-state index in [1.807, 2.05) is 6.20 Å². The number of hydrogen-bond donors (Lipinski definition) is 1. The Hall–Kier alpha value is -2.43. The zero-order chi connectivity index (χ0) is 32.2. The van der Waals surface area contributed by atoms with Crippen LogP contribution in [-0.2, 0) is 27.0 Å². The molecule has 2 fully saturated rings. The predicted molar refractivity (Wildman–Crippen MR) is 181 cm³/mol. The summed E-state index contributed by atoms with van der Waals surface area (Å²) in [7, 11) is 3.48. The standard InChI is InChI=1S/C35H53BN4O4/c1-12-39-30-14-13-25(36-43-34(6,7)35(8,9)44-36)17-27(30)29(19-33(4,5)22-41)32(39)28-18-26(20-37-31(28)24(3)42-11)40-16-15-38(10)21-23(40)2/h13-14,17-18,20,23-24,41H,12,15-16,19,21-22H2,1-11H3/t23?,24-/m0/s1. The molecule has 1 aromatic carbocycles. The minimum absolute atomic E-state index is 0.0839. The fourth-order valence-electron chi connectivity index (χ4n) is 6.69. The van der Waals surface area contributed by atoms with Gasteiger partial charge in [-0.05, 0) is 90.5 Å². The number of pyridine rings is 1. The Morgan fingerprint density at radius 2 is 1.82 bits per heavy atom. The molecule has 2 aromatic heterocycles. The molecule has 0 aliphatic carbocycles. The zero-order valence-corrected chi connectivity index (χ0v) is 28.8. The number of aliphatic hydroxyl groups is 1. The maximum Gasteiger partial charge on any atom is 0.494 e. The third kappa shape index (κ3) is 5.94. The van der Waals surface area contributed by atoms with Gasteiger partial charge < -0.3 is 33.5 Å². The van der Waals surface area contributed by atoms with Gasteiger partial charge >= 0.3 is 7.12 Å². The molecule has 3 aromatic rings. The SMILES string of the molecule is CCn1c(-c2cc(N3CCN(C)CC3C)cnc2[C@H](C)OC)c(CC(C)(C)CO)c2cc(B3OC(C)(C)C(C)(C)O3)ccc21. The summed E-state index contributed by atoms with van der Waals surface area (Å²) in [5.74, 6) is 0. The quantitative estimate of drug-likeness (QED) is 0.327. The van der Waals surface area contributed by atoms with Crippen LogP contribution in [0.1, 0.15) is 79.7 Å². The average Bonchev–Trinajstić information content (AvgIpc) is 3.39. The van der Waals surface area contributed by atoms with Gasteiger partial charge in [-0.1, -0.05) is 26.0 Å². The second-order valence-electron chi connectivity index (χ2n) is 14.7. The van der Waals surface area contributed by atoms with Gasteiger partial charge in [0.25, 0.3) is 0 Å². The number of aromatic nitrogens is 2. The number of ether oxygens (including phenoxy) is 1. The third-order valence-electron chi connectivity index (χ3n) is 10.2. The third-order valence-corrected chi connectivity index (χ3v) is 10.2. The lowest BCUT2D eigenvalue weighted by Gasteiger charge is -2.40. The number of anilines is 1. The molecule has 0 amide bonds. The molecule has 9 heteroatoms. The Morgan fingerprint density at radius 3 is 2.41 bits per heavy atom. The largest absolute Gasteiger partial charge is 0.494 e. The predicted octanol–water partition coefficient (Wildman–Crippen LogP) is 5.43. The summed E-state index contributed by atoms with van der Waals surface area (Å²) in [5.41, 5.74) is 6.46. The molecule has 44 heavy (non-hydrogen) atoms. The fraction of sp³-hybridized carbons (Fsp3) is 0.629. The number of rotatable bonds is 9. The molecule has 5 rings (SSSR count). The molecule has 4 heterocycles. The number of nitrogens with zero attached hydrogens (tertiary/aromatic N) is 4. The van der Waals surface area contributed by atoms with Gasteiger partial charge in [-0.15, -0.1) is 0 Å². The normalized spacial score (nSPS) is 21.4. The van der Waals surface area contributed by atoms with E-state index in [0.717, 1.165) is 65.2 Å². The highest BCUT2D eigenvalue weighted by atomic mass is 16.7. The van der Waals surface area contributed by atoms with Gasteiger partial charge in [-0.3, -0.25) is 4.98 Å². The molecule has 2 atom stereocenters. The lowest BCUT2D eigenvalue weighted by molar-refractivity contribution is 0.00578. The van der Waals surface area contributed by atoms with Crippen molar-refractivity contribution in [2.24, 2.45) is 5.41 Å². The van der Waals surface area contributed by atoms with Crippen molar-refractivity contribution >= 4 is 29.2 Å². The van der Waals surface area contributed by atoms with Crippen molar-refractivity contribution < 1.29 is 19.2 Å². The summed E-state index contributed by atoms with van der Waals surface area (Å²) in [4.78, 5) is 9.95. The fourth-order valence-corrected chi connectivity index (χ4v) is 6.69. The van der Waals surface area contributed by atoms with Crippen molar-refractivity contribution in [2.45, 2.75) is 98.6 Å². The number of fused-ring (bicyclic) bond motifs is 1. The molecule has 0 saturated carbocycles. The molecule has 2 saturated heterocycles. The van der Waals surface area contributed by atoms with E-state index in [1.165, 1.54) is 5.56 Å². The van der Waals surface area contributed by atoms with Gasteiger partial charge in [0.05, 0.1) is 40.6 Å². The number of piperazine rings is 1. The van der Waals surface area contributed by atoms with Crippen molar-refractivity contribution in [3.63, 3.8) is 0 Å². The minimum Gasteiger partial charge on any atom is -0.399 e. The molecule has 2 aliphatic rings. The van der Waals surface area contributed by atoms with Crippen LogP contribution < -0.4 is 10.4 Å². The van der Waals surface area contributed by atoms with E-state index in [2.05, 4.69) is 108 Å². The summed E-state index contributed by atoms with van der Waals surface area (Å²) in [6.07, 6.45) is 2.53. The molecule has 0 radical (unpaired) electrons. The number of benzene rings is 1. The van der Waals surface area contributed by atoms with Crippen molar-refractivity contribution in [3.05, 3.63) is 41.7 Å². The van der Waals surface area contributed by atoms with E-state index < -0.39 is 18.3 Å². The Morgan fingerprint density at radius 1 is 1.14 bits per heavy atom. The van der Waals surface area contributed by atoms with Gasteiger partial charge in [0, 0.05) is 62.4 Å². The van der Waals surface area contributed by atoms with Crippen molar-refractivity contribution in [1.29, 1.82) is 0 Å². The maximum absolute atomic E-state index is 10.5. The number of likely N-dealkylation sites (N-methyl/N-ethyl adjacent to an activating group) is 1. The molecule has 2 aliphatic heterocycles. The van der Waals surface area contributed by atoms with Gasteiger partial charge in [0.15, 0.2) is 0 Å². The number of hydrogen-bond acceptors (Lipinski definition) is 7. The van der Waals surface area contributed by atoms with Crippen LogP contribution in [0.5, 0.6) is 0 Å². The van der Waals surface area contributed by atoms with Crippen molar-refractivity contribution in [3.8, 4) is 11.3 Å². The van der Waals surface area contributed by atoms with E-state index in [0.29, 0.717) is 12.5 Å². The number of aliphatic hydroxyl groups excluding tert-OH is 1. The van der Waals surface area contributed by atoms with Crippen molar-refractivity contribution in [1.82, 2.24) is 14.5 Å². The number of methoxy groups -OCH3 is 1. The summed E-state index contributed by atoms with van der Waals surface area (Å²) in [6, 6.07) is 9.29. The first-order valence-corrected chi connectivity index (χ1v) is 16.2. The van der Waals surface area contributed by atoms with E-state index in [9.17, 15) is 5.11 Å². The van der Waals surface area contributed by atoms with Crippen LogP contribution >= 0.6 is 0 Å². The maximum atomic E-state index is 10.5. The molecular weight excluding hydrogens is 551 g/mol. The summed E-state index contributed by atoms with van der Waals surface area (Å²) >= 11 is 0. The second-order valence-corrected chi connectivity index (χ2v) is 14.7. The first kappa shape index (κ1) is 33.0. The minimum atomic E-state index is -0.454. The van der Waals surface area contributed by atoms with Crippen LogP contribution in [0.3, 0.4) is 0 Å². The average molecular weight is 605 g/mol. The van der Waals surface area contributed by atoms with Crippen LogP contribution in [0.2, 0.25) is 0 Å². The molecule has 8 nitrogen and oxygen atoms in total. The first-order valence-electron chi connectivity index (χ1n) is 16.2. The highest BCUT2D eigenvalue weighted by Crippen LogP contribution is 2.42. The summed E-state index contributed by atoms with van der Waals surface area (Å²) in [6.45, 7) is 23.0. The highest BCUT2D eigenvalue weighted by molar-refractivity contribution is 6.62. The molecule has 1 N–H and O–H groups in total. The van der Waals surface area contributed by atoms with E-state index >= 15 is 0 Å². The van der Waals surface area contributed by atoms with Crippen molar-refractivity contribution in [2.75, 3.05) is 45.3 Å². The highest BCUT2D eigenvalue weighted by Gasteiger charge is 2.51. The Labute approximate surface area is 264 Å². The van der Waals surface area contributed by atoms with Crippen LogP contribution in [0.15, 0.2) is 30.5 Å². The lowest BCUT2D eigenvalue weighted by atomic mass is 9.77. The smallest absolute Gasteiger partial charge is 0.399 e. The monoisotopic (exact) mass is 604 g/mol. The van der Waals surface area contributed by atoms with E-state index in [1.54, 1.807) is 7.11 Å². The molecule has 240 valence electrons. The molecule has 1 unspecified atom stereocenters. The van der Waals surface area contributed by atoms with Gasteiger partial charge in [0.2, 0.25) is 0 Å². The van der Waals surface area contributed by atoms with Crippen LogP contribution in [0.4, 0.5) is 5.69 Å². The lowest BCUT2D eigenvalue weighted by Crippen LogP contribution is -2.50. The number of aryl methyl sites for hydroxylation is 1.